The number of ether oxygens (including phenoxy) is 2. The fourth-order valence-electron chi connectivity index (χ4n) is 5.42. The molecular formula is C27H41N3O4. The van der Waals surface area contributed by atoms with E-state index in [9.17, 15) is 9.59 Å². The van der Waals surface area contributed by atoms with Gasteiger partial charge in [-0.05, 0) is 63.7 Å². The lowest BCUT2D eigenvalue weighted by Gasteiger charge is -2.42. The van der Waals surface area contributed by atoms with Gasteiger partial charge in [-0.2, -0.15) is 0 Å². The van der Waals surface area contributed by atoms with Gasteiger partial charge in [0.25, 0.3) is 5.91 Å². The Kier molecular flexibility index (Phi) is 8.84. The van der Waals surface area contributed by atoms with E-state index in [1.165, 1.54) is 19.3 Å². The first kappa shape index (κ1) is 25.0. The Morgan fingerprint density at radius 3 is 2.47 bits per heavy atom. The van der Waals surface area contributed by atoms with Gasteiger partial charge in [0, 0.05) is 38.7 Å². The summed E-state index contributed by atoms with van der Waals surface area (Å²) in [5.74, 6) is 0.884. The Bertz CT molecular complexity index is 816. The number of benzene rings is 1. The lowest BCUT2D eigenvalue weighted by Crippen LogP contribution is -2.49. The number of para-hydroxylation sites is 1. The number of amides is 2. The minimum Gasteiger partial charge on any atom is -0.492 e. The van der Waals surface area contributed by atoms with Crippen molar-refractivity contribution < 1.29 is 19.1 Å². The maximum atomic E-state index is 13.0. The first-order valence-corrected chi connectivity index (χ1v) is 13.1. The van der Waals surface area contributed by atoms with Crippen molar-refractivity contribution in [3.05, 3.63) is 29.8 Å². The van der Waals surface area contributed by atoms with E-state index >= 15 is 0 Å². The van der Waals surface area contributed by atoms with E-state index in [1.807, 2.05) is 31.3 Å². The van der Waals surface area contributed by atoms with Crippen molar-refractivity contribution in [1.29, 1.82) is 0 Å². The van der Waals surface area contributed by atoms with Crippen LogP contribution in [0.3, 0.4) is 0 Å². The van der Waals surface area contributed by atoms with Crippen molar-refractivity contribution in [3.63, 3.8) is 0 Å². The van der Waals surface area contributed by atoms with E-state index in [-0.39, 0.29) is 17.2 Å². The largest absolute Gasteiger partial charge is 0.492 e. The highest BCUT2D eigenvalue weighted by Gasteiger charge is 2.37. The summed E-state index contributed by atoms with van der Waals surface area (Å²) < 4.78 is 12.2. The molecule has 3 heterocycles. The van der Waals surface area contributed by atoms with Gasteiger partial charge in [-0.25, -0.2) is 0 Å². The molecule has 0 atom stereocenters. The number of rotatable bonds is 2. The molecule has 0 saturated carbocycles. The summed E-state index contributed by atoms with van der Waals surface area (Å²) in [5.41, 5.74) is 0.625. The summed E-state index contributed by atoms with van der Waals surface area (Å²) in [4.78, 5) is 32.0. The van der Waals surface area contributed by atoms with Crippen LogP contribution in [0.25, 0.3) is 0 Å². The molecule has 1 aromatic rings. The van der Waals surface area contributed by atoms with E-state index in [0.29, 0.717) is 37.6 Å². The average molecular weight is 472 g/mol. The predicted molar refractivity (Wildman–Crippen MR) is 132 cm³/mol. The van der Waals surface area contributed by atoms with Crippen molar-refractivity contribution in [2.75, 3.05) is 66.1 Å². The summed E-state index contributed by atoms with van der Waals surface area (Å²) >= 11 is 0. The minimum atomic E-state index is -0.0385. The van der Waals surface area contributed by atoms with Crippen LogP contribution in [0.15, 0.2) is 24.3 Å². The zero-order valence-electron chi connectivity index (χ0n) is 20.8. The number of likely N-dealkylation sites (N-methyl/N-ethyl adjacent to an activating group) is 1. The van der Waals surface area contributed by atoms with Gasteiger partial charge in [0.15, 0.2) is 0 Å². The maximum absolute atomic E-state index is 13.0. The zero-order valence-corrected chi connectivity index (χ0v) is 20.8. The molecule has 0 unspecified atom stereocenters. The number of piperidine rings is 2. The van der Waals surface area contributed by atoms with Gasteiger partial charge in [-0.15, -0.1) is 0 Å². The molecule has 0 aromatic heterocycles. The first-order valence-electron chi connectivity index (χ1n) is 13.1. The second-order valence-electron chi connectivity index (χ2n) is 10.3. The zero-order chi connectivity index (χ0) is 23.8. The van der Waals surface area contributed by atoms with Crippen LogP contribution < -0.4 is 4.74 Å². The molecule has 1 aromatic carbocycles. The average Bonchev–Trinajstić information content (AvgIpc) is 2.87. The maximum Gasteiger partial charge on any atom is 0.257 e. The quantitative estimate of drug-likeness (QED) is 0.661. The van der Waals surface area contributed by atoms with Crippen LogP contribution >= 0.6 is 0 Å². The summed E-state index contributed by atoms with van der Waals surface area (Å²) in [6.07, 6.45) is 8.72. The highest BCUT2D eigenvalue weighted by atomic mass is 16.5. The lowest BCUT2D eigenvalue weighted by molar-refractivity contribution is -0.135. The molecule has 2 saturated heterocycles. The van der Waals surface area contributed by atoms with Gasteiger partial charge in [-0.1, -0.05) is 25.0 Å². The van der Waals surface area contributed by atoms with Crippen LogP contribution in [-0.4, -0.2) is 92.7 Å². The van der Waals surface area contributed by atoms with Gasteiger partial charge >= 0.3 is 0 Å². The van der Waals surface area contributed by atoms with Crippen LogP contribution in [0.1, 0.15) is 61.7 Å². The van der Waals surface area contributed by atoms with Crippen LogP contribution in [0, 0.1) is 5.41 Å². The molecule has 2 amide bonds. The molecule has 3 aliphatic rings. The van der Waals surface area contributed by atoms with Gasteiger partial charge < -0.3 is 19.3 Å². The van der Waals surface area contributed by atoms with Crippen molar-refractivity contribution in [1.82, 2.24) is 14.7 Å². The molecule has 0 aliphatic carbocycles. The van der Waals surface area contributed by atoms with E-state index in [2.05, 4.69) is 9.80 Å². The molecule has 1 spiro atoms. The third-order valence-electron chi connectivity index (χ3n) is 7.80. The first-order chi connectivity index (χ1) is 16.6. The van der Waals surface area contributed by atoms with Crippen LogP contribution in [-0.2, 0) is 9.53 Å². The Morgan fingerprint density at radius 2 is 1.68 bits per heavy atom. The molecule has 2 fully saturated rings. The number of carbonyl (C=O) groups is 2. The van der Waals surface area contributed by atoms with Crippen molar-refractivity contribution in [3.8, 4) is 5.75 Å². The Hall–Kier alpha value is -2.12. The SMILES string of the molecule is CN1CCOCCCCC2(CCN(C(=O)CN3CCCCC3)CC2)COc2ccccc2C1=O. The van der Waals surface area contributed by atoms with Crippen LogP contribution in [0.2, 0.25) is 0 Å². The second kappa shape index (κ2) is 12.0. The summed E-state index contributed by atoms with van der Waals surface area (Å²) in [6.45, 7) is 6.64. The summed E-state index contributed by atoms with van der Waals surface area (Å²) in [7, 11) is 1.81. The molecule has 3 aliphatic heterocycles. The second-order valence-corrected chi connectivity index (χ2v) is 10.3. The van der Waals surface area contributed by atoms with Crippen LogP contribution in [0.5, 0.6) is 5.75 Å². The standard InChI is InChI=1S/C27H41N3O4/c1-28-18-20-33-19-8-5-11-27(22-34-24-10-4-3-9-23(24)26(28)32)12-16-30(17-13-27)25(31)21-29-14-6-2-7-15-29/h3-4,9-10H,2,5-8,11-22H2,1H3. The van der Waals surface area contributed by atoms with Crippen molar-refractivity contribution in [2.45, 2.75) is 51.4 Å². The topological polar surface area (TPSA) is 62.3 Å². The molecule has 7 heteroatoms. The predicted octanol–water partition coefficient (Wildman–Crippen LogP) is 3.43. The van der Waals surface area contributed by atoms with Gasteiger partial charge in [0.1, 0.15) is 5.75 Å². The monoisotopic (exact) mass is 471 g/mol. The number of hydrogen-bond donors (Lipinski definition) is 0. The number of carbonyl (C=O) groups excluding carboxylic acids is 2. The number of hydrogen-bond acceptors (Lipinski definition) is 5. The van der Waals surface area contributed by atoms with E-state index in [1.54, 1.807) is 4.90 Å². The third kappa shape index (κ3) is 6.51. The third-order valence-corrected chi connectivity index (χ3v) is 7.80. The van der Waals surface area contributed by atoms with Crippen molar-refractivity contribution in [2.24, 2.45) is 5.41 Å². The van der Waals surface area contributed by atoms with Crippen molar-refractivity contribution >= 4 is 11.8 Å². The molecule has 0 N–H and O–H groups in total. The fourth-order valence-corrected chi connectivity index (χ4v) is 5.42. The summed E-state index contributed by atoms with van der Waals surface area (Å²) in [5, 5.41) is 0. The lowest BCUT2D eigenvalue weighted by atomic mass is 9.75. The number of nitrogens with zero attached hydrogens (tertiary/aromatic N) is 3. The summed E-state index contributed by atoms with van der Waals surface area (Å²) in [6, 6.07) is 7.55. The highest BCUT2D eigenvalue weighted by molar-refractivity contribution is 5.96. The van der Waals surface area contributed by atoms with E-state index in [4.69, 9.17) is 9.47 Å². The van der Waals surface area contributed by atoms with Crippen LogP contribution in [0.4, 0.5) is 0 Å². The minimum absolute atomic E-state index is 0.0219. The Labute approximate surface area is 204 Å². The Balaban J connectivity index is 1.41. The smallest absolute Gasteiger partial charge is 0.257 e. The number of likely N-dealkylation sites (tertiary alicyclic amines) is 2. The normalized spacial score (nSPS) is 23.1. The van der Waals surface area contributed by atoms with Gasteiger partial charge in [-0.3, -0.25) is 14.5 Å². The Morgan fingerprint density at radius 1 is 0.912 bits per heavy atom. The van der Waals surface area contributed by atoms with E-state index in [0.717, 1.165) is 64.9 Å². The molecule has 188 valence electrons. The molecule has 7 nitrogen and oxygen atoms in total. The molecule has 0 radical (unpaired) electrons. The molecule has 0 bridgehead atoms. The van der Waals surface area contributed by atoms with Gasteiger partial charge in [0.05, 0.1) is 25.3 Å². The fraction of sp³-hybridized carbons (Fsp3) is 0.704. The van der Waals surface area contributed by atoms with E-state index < -0.39 is 0 Å². The number of fused-ring (bicyclic) bond motifs is 1. The molecular weight excluding hydrogens is 430 g/mol. The molecule has 4 rings (SSSR count). The van der Waals surface area contributed by atoms with Gasteiger partial charge in [0.2, 0.25) is 5.91 Å². The molecule has 34 heavy (non-hydrogen) atoms. The highest BCUT2D eigenvalue weighted by Crippen LogP contribution is 2.38.